The van der Waals surface area contributed by atoms with E-state index in [0.717, 1.165) is 30.2 Å². The summed E-state index contributed by atoms with van der Waals surface area (Å²) in [7, 11) is 0. The first-order valence-corrected chi connectivity index (χ1v) is 9.47. The molecule has 2 aromatic rings. The van der Waals surface area contributed by atoms with E-state index >= 15 is 0 Å². The third kappa shape index (κ3) is 2.48. The topological polar surface area (TPSA) is 58.4 Å². The molecule has 5 nitrogen and oxygen atoms in total. The molecule has 1 amide bonds. The summed E-state index contributed by atoms with van der Waals surface area (Å²) in [6.45, 7) is 2.74. The largest absolute Gasteiger partial charge is 0.388 e. The third-order valence-corrected chi connectivity index (χ3v) is 6.57. The van der Waals surface area contributed by atoms with E-state index in [-0.39, 0.29) is 18.0 Å². The Bertz CT molecular complexity index is 815. The Balaban J connectivity index is 1.37. The third-order valence-electron chi connectivity index (χ3n) is 6.57. The van der Waals surface area contributed by atoms with E-state index in [4.69, 9.17) is 0 Å². The average Bonchev–Trinajstić information content (AvgIpc) is 3.08. The highest BCUT2D eigenvalue weighted by atomic mass is 16.3. The van der Waals surface area contributed by atoms with Crippen LogP contribution in [0.3, 0.4) is 0 Å². The number of aliphatic hydroxyl groups is 1. The minimum absolute atomic E-state index is 0.212. The number of fused-ring (bicyclic) bond motifs is 3. The minimum Gasteiger partial charge on any atom is -0.388 e. The predicted molar refractivity (Wildman–Crippen MR) is 94.8 cm³/mol. The molecule has 4 atom stereocenters. The van der Waals surface area contributed by atoms with Crippen LogP contribution in [-0.2, 0) is 11.3 Å². The smallest absolute Gasteiger partial charge is 0.226 e. The van der Waals surface area contributed by atoms with E-state index in [1.165, 1.54) is 0 Å². The number of carbonyl (C=O) groups excluding carboxylic acids is 1. The van der Waals surface area contributed by atoms with Crippen molar-refractivity contribution in [2.24, 2.45) is 11.8 Å². The first-order chi connectivity index (χ1) is 12.0. The van der Waals surface area contributed by atoms with Gasteiger partial charge < -0.3 is 14.6 Å². The molecule has 0 spiro atoms. The molecule has 2 aliphatic heterocycles. The van der Waals surface area contributed by atoms with Gasteiger partial charge in [0.25, 0.3) is 0 Å². The number of pyridine rings is 1. The van der Waals surface area contributed by atoms with Crippen LogP contribution in [-0.4, -0.2) is 43.1 Å². The number of hydrogen-bond acceptors (Lipinski definition) is 3. The Hall–Kier alpha value is -1.88. The van der Waals surface area contributed by atoms with Gasteiger partial charge in [-0.05, 0) is 50.2 Å². The Kier molecular flexibility index (Phi) is 3.26. The van der Waals surface area contributed by atoms with Gasteiger partial charge in [0.15, 0.2) is 0 Å². The maximum absolute atomic E-state index is 12.8. The summed E-state index contributed by atoms with van der Waals surface area (Å²) in [5.41, 5.74) is 0.327. The Morgan fingerprint density at radius 3 is 2.72 bits per heavy atom. The van der Waals surface area contributed by atoms with Gasteiger partial charge >= 0.3 is 0 Å². The van der Waals surface area contributed by atoms with Gasteiger partial charge in [-0.15, -0.1) is 0 Å². The number of nitrogens with zero attached hydrogens (tertiary/aromatic N) is 3. The van der Waals surface area contributed by atoms with Crippen molar-refractivity contribution in [1.82, 2.24) is 14.5 Å². The summed E-state index contributed by atoms with van der Waals surface area (Å²) in [5.74, 6) is 1.14. The molecule has 1 N–H and O–H groups in total. The van der Waals surface area contributed by atoms with Crippen molar-refractivity contribution < 1.29 is 9.90 Å². The monoisotopic (exact) mass is 339 g/mol. The summed E-state index contributed by atoms with van der Waals surface area (Å²) in [6, 6.07) is 4.49. The number of carbonyl (C=O) groups is 1. The van der Waals surface area contributed by atoms with Crippen LogP contribution < -0.4 is 0 Å². The standard InChI is InChI=1S/C20H25N3O2/c1-13-8-17(13)19(24)23-15-2-3-16(23)10-20(25,9-15)12-22-7-5-14-4-6-21-11-18(14)22/h4-7,11,13,15-17,25H,2-3,8-10,12H2,1H3/t13-,15-,16-,17-/m0/s1. The van der Waals surface area contributed by atoms with Crippen molar-refractivity contribution >= 4 is 16.8 Å². The molecule has 1 saturated carbocycles. The van der Waals surface area contributed by atoms with E-state index in [1.807, 2.05) is 18.5 Å². The van der Waals surface area contributed by atoms with Crippen LogP contribution in [0.5, 0.6) is 0 Å². The van der Waals surface area contributed by atoms with Gasteiger partial charge in [0.2, 0.25) is 5.91 Å². The second-order valence-corrected chi connectivity index (χ2v) is 8.46. The summed E-state index contributed by atoms with van der Waals surface area (Å²) in [6.07, 6.45) is 10.2. The molecular formula is C20H25N3O2. The van der Waals surface area contributed by atoms with E-state index in [2.05, 4.69) is 27.4 Å². The minimum atomic E-state index is -0.737. The van der Waals surface area contributed by atoms with Gasteiger partial charge in [0.05, 0.1) is 23.9 Å². The van der Waals surface area contributed by atoms with E-state index < -0.39 is 5.60 Å². The van der Waals surface area contributed by atoms with Crippen LogP contribution >= 0.6 is 0 Å². The first-order valence-electron chi connectivity index (χ1n) is 9.47. The van der Waals surface area contributed by atoms with Gasteiger partial charge in [-0.2, -0.15) is 0 Å². The quantitative estimate of drug-likeness (QED) is 0.935. The summed E-state index contributed by atoms with van der Waals surface area (Å²) < 4.78 is 2.11. The molecule has 2 bridgehead atoms. The zero-order valence-corrected chi connectivity index (χ0v) is 14.6. The Morgan fingerprint density at radius 2 is 2.04 bits per heavy atom. The summed E-state index contributed by atoms with van der Waals surface area (Å²) in [4.78, 5) is 19.1. The molecular weight excluding hydrogens is 314 g/mol. The van der Waals surface area contributed by atoms with Crippen molar-refractivity contribution in [1.29, 1.82) is 0 Å². The van der Waals surface area contributed by atoms with Gasteiger partial charge in [0, 0.05) is 35.8 Å². The number of piperidine rings is 1. The number of hydrogen-bond donors (Lipinski definition) is 1. The van der Waals surface area contributed by atoms with E-state index in [0.29, 0.717) is 31.2 Å². The lowest BCUT2D eigenvalue weighted by atomic mass is 9.85. The lowest BCUT2D eigenvalue weighted by Crippen LogP contribution is -2.55. The van der Waals surface area contributed by atoms with Crippen molar-refractivity contribution in [2.45, 2.75) is 63.3 Å². The Labute approximate surface area is 147 Å². The van der Waals surface area contributed by atoms with Gasteiger partial charge in [-0.3, -0.25) is 9.78 Å². The fourth-order valence-corrected chi connectivity index (χ4v) is 5.15. The van der Waals surface area contributed by atoms with Crippen LogP contribution in [0.4, 0.5) is 0 Å². The molecule has 2 saturated heterocycles. The fourth-order valence-electron chi connectivity index (χ4n) is 5.15. The van der Waals surface area contributed by atoms with Gasteiger partial charge in [-0.1, -0.05) is 6.92 Å². The number of amides is 1. The molecule has 132 valence electrons. The molecule has 0 unspecified atom stereocenters. The highest BCUT2D eigenvalue weighted by molar-refractivity contribution is 5.82. The second-order valence-electron chi connectivity index (χ2n) is 8.46. The van der Waals surface area contributed by atoms with Crippen LogP contribution in [0.25, 0.3) is 10.9 Å². The molecule has 3 aliphatic rings. The fraction of sp³-hybridized carbons (Fsp3) is 0.600. The summed E-state index contributed by atoms with van der Waals surface area (Å²) >= 11 is 0. The lowest BCUT2D eigenvalue weighted by molar-refractivity contribution is -0.143. The van der Waals surface area contributed by atoms with Gasteiger partial charge in [-0.25, -0.2) is 0 Å². The molecule has 0 radical (unpaired) electrons. The van der Waals surface area contributed by atoms with Crippen LogP contribution in [0.1, 0.15) is 39.0 Å². The second kappa shape index (κ2) is 5.31. The average molecular weight is 339 g/mol. The molecule has 5 rings (SSSR count). The predicted octanol–water partition coefficient (Wildman–Crippen LogP) is 2.58. The maximum Gasteiger partial charge on any atom is 0.226 e. The zero-order valence-electron chi connectivity index (χ0n) is 14.6. The van der Waals surface area contributed by atoms with Crippen molar-refractivity contribution in [3.8, 4) is 0 Å². The van der Waals surface area contributed by atoms with Crippen molar-refractivity contribution in [3.05, 3.63) is 30.7 Å². The van der Waals surface area contributed by atoms with Crippen LogP contribution in [0.2, 0.25) is 0 Å². The van der Waals surface area contributed by atoms with Crippen molar-refractivity contribution in [3.63, 3.8) is 0 Å². The van der Waals surface area contributed by atoms with Crippen LogP contribution in [0, 0.1) is 11.8 Å². The number of rotatable bonds is 3. The zero-order chi connectivity index (χ0) is 17.2. The molecule has 0 aromatic carbocycles. The molecule has 1 aliphatic carbocycles. The normalized spacial score (nSPS) is 36.8. The molecule has 2 aromatic heterocycles. The summed E-state index contributed by atoms with van der Waals surface area (Å²) in [5, 5.41) is 12.5. The molecule has 3 fully saturated rings. The molecule has 4 heterocycles. The SMILES string of the molecule is C[C@H]1C[C@@H]1C(=O)N1[C@H]2CC[C@H]1CC(O)(Cn1ccc3ccncc31)C2. The number of aromatic nitrogens is 2. The lowest BCUT2D eigenvalue weighted by Gasteiger charge is -2.44. The molecule has 25 heavy (non-hydrogen) atoms. The van der Waals surface area contributed by atoms with Crippen molar-refractivity contribution in [2.75, 3.05) is 0 Å². The van der Waals surface area contributed by atoms with E-state index in [9.17, 15) is 9.90 Å². The van der Waals surface area contributed by atoms with E-state index in [1.54, 1.807) is 6.20 Å². The Morgan fingerprint density at radius 1 is 1.32 bits per heavy atom. The van der Waals surface area contributed by atoms with Crippen LogP contribution in [0.15, 0.2) is 30.7 Å². The van der Waals surface area contributed by atoms with Gasteiger partial charge in [0.1, 0.15) is 0 Å². The highest BCUT2D eigenvalue weighted by Crippen LogP contribution is 2.47. The highest BCUT2D eigenvalue weighted by Gasteiger charge is 2.53. The first kappa shape index (κ1) is 15.4. The molecule has 5 heteroatoms. The maximum atomic E-state index is 12.8.